The molecule has 0 aliphatic heterocycles. The molecule has 1 aromatic carbocycles. The molecule has 0 saturated carbocycles. The average Bonchev–Trinajstić information content (AvgIpc) is 2.86. The second-order valence-corrected chi connectivity index (χ2v) is 4.90. The Bertz CT molecular complexity index is 620. The van der Waals surface area contributed by atoms with E-state index in [1.54, 1.807) is 6.92 Å². The molecule has 1 unspecified atom stereocenters. The topological polar surface area (TPSA) is 96.7 Å². The number of H-pyrrole nitrogens is 1. The largest absolute Gasteiger partial charge is 0.330 e. The normalized spacial score (nSPS) is 12.2. The number of nitrogens with two attached hydrogens (primary N) is 1. The van der Waals surface area contributed by atoms with Crippen LogP contribution in [-0.2, 0) is 4.79 Å². The summed E-state index contributed by atoms with van der Waals surface area (Å²) in [6.07, 6.45) is 0. The highest BCUT2D eigenvalue weighted by molar-refractivity contribution is 5.93. The average molecular weight is 273 g/mol. The number of rotatable bonds is 4. The molecule has 20 heavy (non-hydrogen) atoms. The summed E-state index contributed by atoms with van der Waals surface area (Å²) in [6.45, 7) is 5.91. The zero-order valence-electron chi connectivity index (χ0n) is 11.9. The van der Waals surface area contributed by atoms with Gasteiger partial charge in [-0.25, -0.2) is 4.98 Å². The minimum atomic E-state index is -0.219. The number of amides is 1. The van der Waals surface area contributed by atoms with E-state index in [0.717, 1.165) is 22.6 Å². The van der Waals surface area contributed by atoms with Gasteiger partial charge in [-0.15, -0.1) is 0 Å². The number of aryl methyl sites for hydroxylation is 2. The smallest absolute Gasteiger partial charge is 0.228 e. The molecule has 0 bridgehead atoms. The first-order valence-electron chi connectivity index (χ1n) is 6.52. The molecule has 1 amide bonds. The van der Waals surface area contributed by atoms with E-state index in [9.17, 15) is 4.79 Å². The molecule has 0 fully saturated rings. The number of aromatic amines is 1. The van der Waals surface area contributed by atoms with E-state index in [1.807, 2.05) is 32.0 Å². The molecule has 0 aliphatic rings. The lowest BCUT2D eigenvalue weighted by Gasteiger charge is -2.12. The van der Waals surface area contributed by atoms with Crippen LogP contribution in [0.4, 0.5) is 5.69 Å². The highest BCUT2D eigenvalue weighted by Crippen LogP contribution is 2.23. The predicted molar refractivity (Wildman–Crippen MR) is 78.1 cm³/mol. The summed E-state index contributed by atoms with van der Waals surface area (Å²) in [7, 11) is 0. The van der Waals surface area contributed by atoms with Gasteiger partial charge in [-0.2, -0.15) is 5.10 Å². The Morgan fingerprint density at radius 1 is 1.45 bits per heavy atom. The lowest BCUT2D eigenvalue weighted by atomic mass is 10.1. The van der Waals surface area contributed by atoms with Gasteiger partial charge < -0.3 is 11.1 Å². The summed E-state index contributed by atoms with van der Waals surface area (Å²) in [5.74, 6) is 1.07. The third-order valence-electron chi connectivity index (χ3n) is 3.15. The zero-order chi connectivity index (χ0) is 14.7. The molecule has 0 aliphatic carbocycles. The molecule has 0 spiro atoms. The maximum absolute atomic E-state index is 11.9. The van der Waals surface area contributed by atoms with Crippen molar-refractivity contribution in [1.82, 2.24) is 15.2 Å². The van der Waals surface area contributed by atoms with Crippen LogP contribution in [0.5, 0.6) is 0 Å². The van der Waals surface area contributed by atoms with E-state index in [-0.39, 0.29) is 11.8 Å². The summed E-state index contributed by atoms with van der Waals surface area (Å²) < 4.78 is 0. The Labute approximate surface area is 117 Å². The van der Waals surface area contributed by atoms with Gasteiger partial charge in [0.05, 0.1) is 0 Å². The van der Waals surface area contributed by atoms with E-state index in [2.05, 4.69) is 20.5 Å². The van der Waals surface area contributed by atoms with Crippen LogP contribution in [0.2, 0.25) is 0 Å². The van der Waals surface area contributed by atoms with Crippen LogP contribution in [0.25, 0.3) is 11.4 Å². The van der Waals surface area contributed by atoms with Crippen molar-refractivity contribution in [2.45, 2.75) is 20.8 Å². The second-order valence-electron chi connectivity index (χ2n) is 4.90. The van der Waals surface area contributed by atoms with Gasteiger partial charge >= 0.3 is 0 Å². The van der Waals surface area contributed by atoms with E-state index in [4.69, 9.17) is 5.73 Å². The third-order valence-corrected chi connectivity index (χ3v) is 3.15. The van der Waals surface area contributed by atoms with Crippen LogP contribution in [-0.4, -0.2) is 27.6 Å². The third kappa shape index (κ3) is 3.03. The van der Waals surface area contributed by atoms with E-state index in [0.29, 0.717) is 12.4 Å². The lowest BCUT2D eigenvalue weighted by Crippen LogP contribution is -2.26. The molecule has 6 nitrogen and oxygen atoms in total. The minimum absolute atomic E-state index is 0.0843. The van der Waals surface area contributed by atoms with Gasteiger partial charge in [-0.3, -0.25) is 9.89 Å². The SMILES string of the molecule is Cc1nc(-c2ccc(C)c(NC(=O)C(C)CN)c2)n[nH]1. The Balaban J connectivity index is 2.27. The van der Waals surface area contributed by atoms with Crippen molar-refractivity contribution in [3.63, 3.8) is 0 Å². The number of carbonyl (C=O) groups excluding carboxylic acids is 1. The number of aromatic nitrogens is 3. The van der Waals surface area contributed by atoms with E-state index in [1.165, 1.54) is 0 Å². The van der Waals surface area contributed by atoms with E-state index >= 15 is 0 Å². The fraction of sp³-hybridized carbons (Fsp3) is 0.357. The Morgan fingerprint density at radius 2 is 2.20 bits per heavy atom. The summed E-state index contributed by atoms with van der Waals surface area (Å²) in [5, 5.41) is 9.82. The quantitative estimate of drug-likeness (QED) is 0.788. The van der Waals surface area contributed by atoms with Crippen molar-refractivity contribution in [1.29, 1.82) is 0 Å². The first-order chi connectivity index (χ1) is 9.51. The number of hydrogen-bond acceptors (Lipinski definition) is 4. The van der Waals surface area contributed by atoms with Gasteiger partial charge in [-0.05, 0) is 25.5 Å². The minimum Gasteiger partial charge on any atom is -0.330 e. The maximum atomic E-state index is 11.9. The molecule has 2 rings (SSSR count). The fourth-order valence-corrected chi connectivity index (χ4v) is 1.73. The first kappa shape index (κ1) is 14.2. The van der Waals surface area contributed by atoms with Crippen LogP contribution in [0.15, 0.2) is 18.2 Å². The summed E-state index contributed by atoms with van der Waals surface area (Å²) in [5.41, 5.74) is 8.10. The van der Waals surface area contributed by atoms with Crippen molar-refractivity contribution in [2.24, 2.45) is 11.7 Å². The molecule has 1 aromatic heterocycles. The monoisotopic (exact) mass is 273 g/mol. The number of nitrogens with zero attached hydrogens (tertiary/aromatic N) is 2. The van der Waals surface area contributed by atoms with Gasteiger partial charge in [0.2, 0.25) is 5.91 Å². The Morgan fingerprint density at radius 3 is 2.80 bits per heavy atom. The van der Waals surface area contributed by atoms with Crippen LogP contribution in [0, 0.1) is 19.8 Å². The van der Waals surface area contributed by atoms with Crippen molar-refractivity contribution in [3.05, 3.63) is 29.6 Å². The highest BCUT2D eigenvalue weighted by atomic mass is 16.1. The molecule has 1 atom stereocenters. The van der Waals surface area contributed by atoms with Crippen molar-refractivity contribution in [2.75, 3.05) is 11.9 Å². The number of benzene rings is 1. The first-order valence-corrected chi connectivity index (χ1v) is 6.52. The molecule has 2 aromatic rings. The molecule has 0 radical (unpaired) electrons. The Hall–Kier alpha value is -2.21. The maximum Gasteiger partial charge on any atom is 0.228 e. The predicted octanol–water partition coefficient (Wildman–Crippen LogP) is 1.62. The molecule has 106 valence electrons. The van der Waals surface area contributed by atoms with Gasteiger partial charge in [-0.1, -0.05) is 19.1 Å². The molecule has 6 heteroatoms. The fourth-order valence-electron chi connectivity index (χ4n) is 1.73. The van der Waals surface area contributed by atoms with E-state index < -0.39 is 0 Å². The highest BCUT2D eigenvalue weighted by Gasteiger charge is 2.13. The van der Waals surface area contributed by atoms with Crippen molar-refractivity contribution < 1.29 is 4.79 Å². The van der Waals surface area contributed by atoms with Crippen LogP contribution < -0.4 is 11.1 Å². The van der Waals surface area contributed by atoms with Gasteiger partial charge in [0.1, 0.15) is 5.82 Å². The van der Waals surface area contributed by atoms with Crippen LogP contribution in [0.1, 0.15) is 18.3 Å². The molecule has 4 N–H and O–H groups in total. The molecular formula is C14H19N5O. The van der Waals surface area contributed by atoms with Crippen LogP contribution >= 0.6 is 0 Å². The van der Waals surface area contributed by atoms with Gasteiger partial charge in [0.25, 0.3) is 0 Å². The molecule has 1 heterocycles. The van der Waals surface area contributed by atoms with Crippen molar-refractivity contribution in [3.8, 4) is 11.4 Å². The standard InChI is InChI=1S/C14H19N5O/c1-8-4-5-11(13-16-10(3)18-19-13)6-12(8)17-14(20)9(2)7-15/h4-6,9H,7,15H2,1-3H3,(H,17,20)(H,16,18,19). The van der Waals surface area contributed by atoms with Crippen LogP contribution in [0.3, 0.4) is 0 Å². The number of anilines is 1. The lowest BCUT2D eigenvalue weighted by molar-refractivity contribution is -0.119. The molecule has 0 saturated heterocycles. The summed E-state index contributed by atoms with van der Waals surface area (Å²) >= 11 is 0. The van der Waals surface area contributed by atoms with Crippen molar-refractivity contribution >= 4 is 11.6 Å². The van der Waals surface area contributed by atoms with Gasteiger partial charge in [0, 0.05) is 23.7 Å². The Kier molecular flexibility index (Phi) is 4.14. The number of carbonyl (C=O) groups is 1. The zero-order valence-corrected chi connectivity index (χ0v) is 11.9. The summed E-state index contributed by atoms with van der Waals surface area (Å²) in [4.78, 5) is 16.2. The van der Waals surface area contributed by atoms with Gasteiger partial charge in [0.15, 0.2) is 5.82 Å². The summed E-state index contributed by atoms with van der Waals surface area (Å²) in [6, 6.07) is 5.74. The second kappa shape index (κ2) is 5.83. The molecular weight excluding hydrogens is 254 g/mol. The number of nitrogens with one attached hydrogen (secondary N) is 2. The number of hydrogen-bond donors (Lipinski definition) is 3.